The van der Waals surface area contributed by atoms with Gasteiger partial charge in [-0.3, -0.25) is 24.7 Å². The molecular formula is C32H44N6O4. The summed E-state index contributed by atoms with van der Waals surface area (Å²) in [4.78, 5) is 36.2. The highest BCUT2D eigenvalue weighted by Crippen LogP contribution is 2.37. The highest BCUT2D eigenvalue weighted by molar-refractivity contribution is 6.07. The van der Waals surface area contributed by atoms with Crippen molar-refractivity contribution in [2.24, 2.45) is 16.6 Å². The lowest BCUT2D eigenvalue weighted by molar-refractivity contribution is -0.133. The molecule has 3 atom stereocenters. The van der Waals surface area contributed by atoms with Gasteiger partial charge in [0.15, 0.2) is 11.5 Å². The van der Waals surface area contributed by atoms with Gasteiger partial charge in [0.2, 0.25) is 5.91 Å². The molecule has 10 nitrogen and oxygen atoms in total. The molecule has 226 valence electrons. The van der Waals surface area contributed by atoms with Crippen molar-refractivity contribution in [3.05, 3.63) is 53.6 Å². The zero-order chi connectivity index (χ0) is 30.0. The number of nitrogens with two attached hydrogens (primary N) is 1. The monoisotopic (exact) mass is 576 g/mol. The molecule has 3 unspecified atom stereocenters. The molecule has 3 aliphatic rings. The van der Waals surface area contributed by atoms with Crippen molar-refractivity contribution < 1.29 is 19.4 Å². The molecule has 2 saturated heterocycles. The van der Waals surface area contributed by atoms with E-state index in [1.54, 1.807) is 25.9 Å². The predicted octanol–water partition coefficient (Wildman–Crippen LogP) is 2.50. The van der Waals surface area contributed by atoms with Gasteiger partial charge in [-0.2, -0.15) is 0 Å². The van der Waals surface area contributed by atoms with Crippen molar-refractivity contribution in [2.45, 2.75) is 64.4 Å². The second-order valence-corrected chi connectivity index (χ2v) is 12.1. The largest absolute Gasteiger partial charge is 0.497 e. The number of piperidine rings is 1. The predicted molar refractivity (Wildman–Crippen MR) is 163 cm³/mol. The van der Waals surface area contributed by atoms with Crippen LogP contribution in [0.4, 0.5) is 0 Å². The van der Waals surface area contributed by atoms with Gasteiger partial charge >= 0.3 is 0 Å². The number of hydrogen-bond acceptors (Lipinski definition) is 8. The molecule has 10 heteroatoms. The van der Waals surface area contributed by atoms with Crippen molar-refractivity contribution >= 4 is 17.8 Å². The van der Waals surface area contributed by atoms with Crippen molar-refractivity contribution in [2.75, 3.05) is 39.8 Å². The van der Waals surface area contributed by atoms with Crippen LogP contribution in [0.2, 0.25) is 0 Å². The molecule has 3 aliphatic heterocycles. The Hall–Kier alpha value is -3.47. The molecule has 2 aromatic carbocycles. The van der Waals surface area contributed by atoms with E-state index in [1.807, 2.05) is 42.2 Å². The van der Waals surface area contributed by atoms with Gasteiger partial charge in [-0.25, -0.2) is 4.99 Å². The minimum absolute atomic E-state index is 0.0939. The molecule has 5 rings (SSSR count). The van der Waals surface area contributed by atoms with Crippen LogP contribution in [0.15, 0.2) is 47.5 Å². The Morgan fingerprint density at radius 2 is 1.95 bits per heavy atom. The van der Waals surface area contributed by atoms with Crippen molar-refractivity contribution in [3.63, 3.8) is 0 Å². The van der Waals surface area contributed by atoms with E-state index in [9.17, 15) is 14.7 Å². The van der Waals surface area contributed by atoms with Gasteiger partial charge in [-0.05, 0) is 79.5 Å². The molecule has 2 amide bonds. The van der Waals surface area contributed by atoms with E-state index < -0.39 is 11.8 Å². The van der Waals surface area contributed by atoms with Crippen molar-refractivity contribution in [1.29, 1.82) is 0 Å². The Kier molecular flexibility index (Phi) is 8.86. The number of aliphatic hydroxyl groups is 1. The molecular weight excluding hydrogens is 532 g/mol. The fraction of sp³-hybridized carbons (Fsp3) is 0.531. The quantitative estimate of drug-likeness (QED) is 0.392. The molecule has 2 fully saturated rings. The third-order valence-electron chi connectivity index (χ3n) is 8.97. The summed E-state index contributed by atoms with van der Waals surface area (Å²) in [7, 11) is 1.66. The summed E-state index contributed by atoms with van der Waals surface area (Å²) in [5.41, 5.74) is 9.23. The first-order valence-electron chi connectivity index (χ1n) is 14.9. The average Bonchev–Trinajstić information content (AvgIpc) is 3.50. The van der Waals surface area contributed by atoms with Gasteiger partial charge in [-0.1, -0.05) is 24.3 Å². The second-order valence-electron chi connectivity index (χ2n) is 12.1. The first kappa shape index (κ1) is 30.0. The van der Waals surface area contributed by atoms with Gasteiger partial charge in [-0.15, -0.1) is 0 Å². The number of benzene rings is 2. The normalized spacial score (nSPS) is 24.3. The third kappa shape index (κ3) is 6.30. The number of amides is 2. The van der Waals surface area contributed by atoms with Crippen LogP contribution in [0.1, 0.15) is 51.2 Å². The molecule has 4 N–H and O–H groups in total. The zero-order valence-electron chi connectivity index (χ0n) is 25.2. The number of methoxy groups -OCH3 is 1. The minimum Gasteiger partial charge on any atom is -0.497 e. The summed E-state index contributed by atoms with van der Waals surface area (Å²) in [6.07, 6.45) is 2.14. The number of carbonyl (C=O) groups is 2. The standard InChI is InChI=1S/C32H44N6O4/c1-21(39)34-27-12-13-36(20-27)19-25-8-9-28(42-4)17-29(25)24-6-5-7-26(16-24)32(3)30(41)38(31(33)35-32)18-23-10-14-37(15-11-23)22(2)40/h5-9,16-17,21,23,27,34,39H,10-15,18-20H2,1-4H3,(H2,33,35). The van der Waals surface area contributed by atoms with E-state index in [1.165, 1.54) is 0 Å². The van der Waals surface area contributed by atoms with E-state index in [4.69, 9.17) is 15.5 Å². The number of rotatable bonds is 9. The lowest BCUT2D eigenvalue weighted by Crippen LogP contribution is -2.46. The maximum atomic E-state index is 13.9. The Morgan fingerprint density at radius 3 is 2.64 bits per heavy atom. The van der Waals surface area contributed by atoms with Gasteiger partial charge in [0.25, 0.3) is 5.91 Å². The van der Waals surface area contributed by atoms with Gasteiger partial charge < -0.3 is 20.5 Å². The van der Waals surface area contributed by atoms with Crippen LogP contribution >= 0.6 is 0 Å². The summed E-state index contributed by atoms with van der Waals surface area (Å²) in [5.74, 6) is 1.26. The Bertz CT molecular complexity index is 1340. The van der Waals surface area contributed by atoms with E-state index in [0.717, 1.165) is 66.9 Å². The first-order valence-corrected chi connectivity index (χ1v) is 14.9. The van der Waals surface area contributed by atoms with Crippen LogP contribution < -0.4 is 15.8 Å². The summed E-state index contributed by atoms with van der Waals surface area (Å²) in [6, 6.07) is 14.4. The molecule has 0 aromatic heterocycles. The topological polar surface area (TPSA) is 124 Å². The van der Waals surface area contributed by atoms with Crippen LogP contribution in [0.5, 0.6) is 5.75 Å². The van der Waals surface area contributed by atoms with Crippen LogP contribution in [0.25, 0.3) is 11.1 Å². The van der Waals surface area contributed by atoms with E-state index in [0.29, 0.717) is 19.6 Å². The Morgan fingerprint density at radius 1 is 1.19 bits per heavy atom. The number of nitrogens with one attached hydrogen (secondary N) is 1. The number of carbonyl (C=O) groups excluding carboxylic acids is 2. The molecule has 0 radical (unpaired) electrons. The molecule has 42 heavy (non-hydrogen) atoms. The van der Waals surface area contributed by atoms with Crippen LogP contribution in [-0.2, 0) is 21.7 Å². The minimum atomic E-state index is -1.12. The number of nitrogens with zero attached hydrogens (tertiary/aromatic N) is 4. The Labute approximate surface area is 248 Å². The van der Waals surface area contributed by atoms with E-state index in [-0.39, 0.29) is 29.7 Å². The Balaban J connectivity index is 1.36. The van der Waals surface area contributed by atoms with Crippen molar-refractivity contribution in [3.8, 4) is 16.9 Å². The summed E-state index contributed by atoms with van der Waals surface area (Å²) >= 11 is 0. The molecule has 2 aromatic rings. The lowest BCUT2D eigenvalue weighted by atomic mass is 9.88. The van der Waals surface area contributed by atoms with Crippen LogP contribution in [-0.4, -0.2) is 89.7 Å². The number of guanidine groups is 1. The summed E-state index contributed by atoms with van der Waals surface area (Å²) in [6.45, 7) is 9.68. The molecule has 0 saturated carbocycles. The summed E-state index contributed by atoms with van der Waals surface area (Å²) < 4.78 is 5.58. The maximum Gasteiger partial charge on any atom is 0.261 e. The number of ether oxygens (including phenoxy) is 1. The first-order chi connectivity index (χ1) is 20.1. The van der Waals surface area contributed by atoms with Crippen LogP contribution in [0.3, 0.4) is 0 Å². The second kappa shape index (κ2) is 12.4. The average molecular weight is 577 g/mol. The highest BCUT2D eigenvalue weighted by atomic mass is 16.5. The van der Waals surface area contributed by atoms with Crippen molar-refractivity contribution in [1.82, 2.24) is 20.0 Å². The van der Waals surface area contributed by atoms with Gasteiger partial charge in [0, 0.05) is 52.2 Å². The molecule has 0 bridgehead atoms. The molecule has 3 heterocycles. The highest BCUT2D eigenvalue weighted by Gasteiger charge is 2.46. The van der Waals surface area contributed by atoms with Gasteiger partial charge in [0.05, 0.1) is 7.11 Å². The molecule has 0 aliphatic carbocycles. The number of aliphatic imine (C=N–C) groups is 1. The third-order valence-corrected chi connectivity index (χ3v) is 8.97. The van der Waals surface area contributed by atoms with Crippen LogP contribution in [0, 0.1) is 5.92 Å². The fourth-order valence-electron chi connectivity index (χ4n) is 6.53. The number of likely N-dealkylation sites (tertiary alicyclic amines) is 2. The van der Waals surface area contributed by atoms with E-state index in [2.05, 4.69) is 22.3 Å². The number of aliphatic hydroxyl groups excluding tert-OH is 1. The maximum absolute atomic E-state index is 13.9. The van der Waals surface area contributed by atoms with E-state index >= 15 is 0 Å². The molecule has 0 spiro atoms. The smallest absolute Gasteiger partial charge is 0.261 e. The fourth-order valence-corrected chi connectivity index (χ4v) is 6.53. The lowest BCUT2D eigenvalue weighted by Gasteiger charge is -2.33. The number of hydrogen-bond donors (Lipinski definition) is 3. The van der Waals surface area contributed by atoms with Gasteiger partial charge in [0.1, 0.15) is 12.0 Å². The summed E-state index contributed by atoms with van der Waals surface area (Å²) in [5, 5.41) is 13.0. The zero-order valence-corrected chi connectivity index (χ0v) is 25.2. The SMILES string of the molecule is COc1ccc(CN2CCC(NC(C)O)C2)c(-c2cccc(C3(C)N=C(N)N(CC4CCN(C(C)=O)CC4)C3=O)c2)c1.